The zero-order valence-electron chi connectivity index (χ0n) is 11.1. The first-order valence-corrected chi connectivity index (χ1v) is 7.83. The van der Waals surface area contributed by atoms with Crippen molar-refractivity contribution >= 4 is 9.84 Å². The predicted molar refractivity (Wildman–Crippen MR) is 71.4 cm³/mol. The number of hydrogen-bond acceptors (Lipinski definition) is 4. The van der Waals surface area contributed by atoms with E-state index in [4.69, 9.17) is 0 Å². The van der Waals surface area contributed by atoms with Crippen LogP contribution in [0.15, 0.2) is 35.7 Å². The minimum absolute atomic E-state index is 0.0366. The highest BCUT2D eigenvalue weighted by Gasteiger charge is 2.18. The quantitative estimate of drug-likeness (QED) is 0.927. The van der Waals surface area contributed by atoms with Gasteiger partial charge < -0.3 is 9.67 Å². The lowest BCUT2D eigenvalue weighted by atomic mass is 10.0. The van der Waals surface area contributed by atoms with Gasteiger partial charge in [0.15, 0.2) is 0 Å². The summed E-state index contributed by atoms with van der Waals surface area (Å²) in [5.41, 5.74) is 1.16. The predicted octanol–water partition coefficient (Wildman–Crippen LogP) is 1.47. The number of imidazole rings is 1. The molecule has 1 aromatic heterocycles. The maximum Gasteiger partial charge on any atom is 0.227 e. The number of hydrogen-bond donors (Lipinski definition) is 1. The molecule has 1 N–H and O–H groups in total. The molecule has 0 aliphatic rings. The molecular formula is C13H15FN2O3S. The summed E-state index contributed by atoms with van der Waals surface area (Å²) in [6.07, 6.45) is 2.96. The lowest BCUT2D eigenvalue weighted by molar-refractivity contribution is 0.152. The average Bonchev–Trinajstić information content (AvgIpc) is 2.76. The van der Waals surface area contributed by atoms with Gasteiger partial charge >= 0.3 is 0 Å². The van der Waals surface area contributed by atoms with Crippen LogP contribution in [0.2, 0.25) is 0 Å². The van der Waals surface area contributed by atoms with Crippen LogP contribution in [0.1, 0.15) is 17.2 Å². The van der Waals surface area contributed by atoms with Crippen LogP contribution >= 0.6 is 0 Å². The Morgan fingerprint density at radius 2 is 2.15 bits per heavy atom. The van der Waals surface area contributed by atoms with Gasteiger partial charge in [-0.3, -0.25) is 0 Å². The maximum absolute atomic E-state index is 13.0. The van der Waals surface area contributed by atoms with E-state index >= 15 is 0 Å². The number of aromatic nitrogens is 2. The maximum atomic E-state index is 13.0. The van der Waals surface area contributed by atoms with Crippen LogP contribution < -0.4 is 0 Å². The SMILES string of the molecule is Cc1cc(F)ccc1C(O)Cn1ccnc1S(C)(=O)=O. The van der Waals surface area contributed by atoms with Gasteiger partial charge in [0.05, 0.1) is 12.6 Å². The molecule has 0 amide bonds. The molecule has 1 aromatic carbocycles. The van der Waals surface area contributed by atoms with Gasteiger partial charge in [-0.1, -0.05) is 6.07 Å². The lowest BCUT2D eigenvalue weighted by Gasteiger charge is -2.15. The Labute approximate surface area is 116 Å². The van der Waals surface area contributed by atoms with Gasteiger partial charge in [-0.15, -0.1) is 0 Å². The Balaban J connectivity index is 2.29. The molecule has 0 spiro atoms. The first-order chi connectivity index (χ1) is 9.29. The summed E-state index contributed by atoms with van der Waals surface area (Å²) in [4.78, 5) is 3.77. The van der Waals surface area contributed by atoms with Crippen molar-refractivity contribution in [3.8, 4) is 0 Å². The molecule has 0 bridgehead atoms. The molecule has 1 atom stereocenters. The summed E-state index contributed by atoms with van der Waals surface area (Å²) in [6, 6.07) is 4.08. The summed E-state index contributed by atoms with van der Waals surface area (Å²) >= 11 is 0. The number of aliphatic hydroxyl groups is 1. The molecule has 108 valence electrons. The van der Waals surface area contributed by atoms with Crippen molar-refractivity contribution in [3.05, 3.63) is 47.5 Å². The van der Waals surface area contributed by atoms with E-state index in [1.54, 1.807) is 6.92 Å². The highest BCUT2D eigenvalue weighted by atomic mass is 32.2. The molecule has 1 heterocycles. The van der Waals surface area contributed by atoms with Gasteiger partial charge in [-0.2, -0.15) is 0 Å². The van der Waals surface area contributed by atoms with Crippen molar-refractivity contribution in [2.24, 2.45) is 0 Å². The highest BCUT2D eigenvalue weighted by molar-refractivity contribution is 7.90. The van der Waals surface area contributed by atoms with E-state index in [0.717, 1.165) is 6.26 Å². The van der Waals surface area contributed by atoms with Crippen molar-refractivity contribution in [2.75, 3.05) is 6.26 Å². The Morgan fingerprint density at radius 3 is 2.75 bits per heavy atom. The fraction of sp³-hybridized carbons (Fsp3) is 0.308. The molecular weight excluding hydrogens is 283 g/mol. The van der Waals surface area contributed by atoms with E-state index in [2.05, 4.69) is 4.98 Å². The van der Waals surface area contributed by atoms with E-state index in [1.807, 2.05) is 0 Å². The Kier molecular flexibility index (Phi) is 3.92. The summed E-state index contributed by atoms with van der Waals surface area (Å²) in [5.74, 6) is -0.377. The summed E-state index contributed by atoms with van der Waals surface area (Å²) in [6.45, 7) is 1.72. The second kappa shape index (κ2) is 5.34. The molecule has 20 heavy (non-hydrogen) atoms. The number of aliphatic hydroxyl groups excluding tert-OH is 1. The summed E-state index contributed by atoms with van der Waals surface area (Å²) in [7, 11) is -3.45. The zero-order valence-corrected chi connectivity index (χ0v) is 11.9. The lowest BCUT2D eigenvalue weighted by Crippen LogP contribution is -2.14. The van der Waals surface area contributed by atoms with Crippen LogP contribution in [-0.4, -0.2) is 29.3 Å². The number of benzene rings is 1. The van der Waals surface area contributed by atoms with Crippen LogP contribution in [0.3, 0.4) is 0 Å². The minimum Gasteiger partial charge on any atom is -0.387 e. The van der Waals surface area contributed by atoms with Crippen molar-refractivity contribution in [1.82, 2.24) is 9.55 Å². The number of rotatable bonds is 4. The average molecular weight is 298 g/mol. The minimum atomic E-state index is -3.45. The monoisotopic (exact) mass is 298 g/mol. The van der Waals surface area contributed by atoms with E-state index in [9.17, 15) is 17.9 Å². The molecule has 1 unspecified atom stereocenters. The van der Waals surface area contributed by atoms with E-state index in [0.29, 0.717) is 11.1 Å². The van der Waals surface area contributed by atoms with Gasteiger partial charge in [-0.05, 0) is 30.2 Å². The third-order valence-corrected chi connectivity index (χ3v) is 3.97. The zero-order chi connectivity index (χ0) is 14.9. The van der Waals surface area contributed by atoms with Gasteiger partial charge in [0.1, 0.15) is 5.82 Å². The van der Waals surface area contributed by atoms with Crippen LogP contribution in [0, 0.1) is 12.7 Å². The molecule has 0 aliphatic carbocycles. The number of halogens is 1. The molecule has 0 fully saturated rings. The highest BCUT2D eigenvalue weighted by Crippen LogP contribution is 2.21. The van der Waals surface area contributed by atoms with Crippen molar-refractivity contribution in [1.29, 1.82) is 0 Å². The normalized spacial score (nSPS) is 13.4. The van der Waals surface area contributed by atoms with Crippen LogP contribution in [0.25, 0.3) is 0 Å². The van der Waals surface area contributed by atoms with Crippen molar-refractivity contribution in [2.45, 2.75) is 24.7 Å². The molecule has 7 heteroatoms. The topological polar surface area (TPSA) is 72.2 Å². The molecule has 0 saturated carbocycles. The van der Waals surface area contributed by atoms with Gasteiger partial charge in [0, 0.05) is 18.6 Å². The molecule has 5 nitrogen and oxygen atoms in total. The second-order valence-corrected chi connectivity index (χ2v) is 6.56. The molecule has 2 aromatic rings. The Morgan fingerprint density at radius 1 is 1.45 bits per heavy atom. The van der Waals surface area contributed by atoms with Crippen molar-refractivity contribution < 1.29 is 17.9 Å². The summed E-state index contributed by atoms with van der Waals surface area (Å²) in [5, 5.41) is 10.1. The third-order valence-electron chi connectivity index (χ3n) is 2.97. The molecule has 0 saturated heterocycles. The first-order valence-electron chi connectivity index (χ1n) is 5.94. The molecule has 0 aliphatic heterocycles. The first kappa shape index (κ1) is 14.7. The van der Waals surface area contributed by atoms with Crippen molar-refractivity contribution in [3.63, 3.8) is 0 Å². The number of sulfone groups is 1. The number of nitrogens with zero attached hydrogens (tertiary/aromatic N) is 2. The van der Waals surface area contributed by atoms with Crippen LogP contribution in [0.4, 0.5) is 4.39 Å². The van der Waals surface area contributed by atoms with Gasteiger partial charge in [0.2, 0.25) is 15.0 Å². The molecule has 0 radical (unpaired) electrons. The van der Waals surface area contributed by atoms with E-state index in [1.165, 1.54) is 35.2 Å². The third kappa shape index (κ3) is 3.05. The van der Waals surface area contributed by atoms with Gasteiger partial charge in [-0.25, -0.2) is 17.8 Å². The molecule has 2 rings (SSSR count). The number of aryl methyl sites for hydroxylation is 1. The van der Waals surface area contributed by atoms with Gasteiger partial charge in [0.25, 0.3) is 0 Å². The smallest absolute Gasteiger partial charge is 0.227 e. The van der Waals surface area contributed by atoms with Crippen LogP contribution in [-0.2, 0) is 16.4 Å². The van der Waals surface area contributed by atoms with Crippen LogP contribution in [0.5, 0.6) is 0 Å². The Bertz CT molecular complexity index is 725. The van der Waals surface area contributed by atoms with E-state index in [-0.39, 0.29) is 17.5 Å². The Hall–Kier alpha value is -1.73. The largest absolute Gasteiger partial charge is 0.387 e. The standard InChI is InChI=1S/C13H15FN2O3S/c1-9-7-10(14)3-4-11(9)12(17)8-16-6-5-15-13(16)20(2,18)19/h3-7,12,17H,8H2,1-2H3. The van der Waals surface area contributed by atoms with E-state index < -0.39 is 15.9 Å². The summed E-state index contributed by atoms with van der Waals surface area (Å²) < 4.78 is 37.5. The second-order valence-electron chi connectivity index (χ2n) is 4.65. The fourth-order valence-corrected chi connectivity index (χ4v) is 2.87. The fourth-order valence-electron chi connectivity index (χ4n) is 2.06.